The number of likely N-dealkylation sites (tertiary alicyclic amines) is 1. The van der Waals surface area contributed by atoms with Gasteiger partial charge in [-0.2, -0.15) is 0 Å². The van der Waals surface area contributed by atoms with Crippen LogP contribution in [0.5, 0.6) is 5.75 Å². The quantitative estimate of drug-likeness (QED) is 0.811. The summed E-state index contributed by atoms with van der Waals surface area (Å²) in [5.74, 6) is 0.412. The first-order valence-corrected chi connectivity index (χ1v) is 5.99. The van der Waals surface area contributed by atoms with Gasteiger partial charge in [0.1, 0.15) is 5.75 Å². The fraction of sp³-hybridized carbons (Fsp3) is 0.538. The Morgan fingerprint density at radius 3 is 2.62 bits per heavy atom. The average molecular weight is 220 g/mol. The molecule has 0 bridgehead atoms. The first-order valence-electron chi connectivity index (χ1n) is 5.99. The Balaban J connectivity index is 2.21. The Morgan fingerprint density at radius 1 is 1.31 bits per heavy atom. The summed E-state index contributed by atoms with van der Waals surface area (Å²) in [7, 11) is 1.96. The van der Waals surface area contributed by atoms with Crippen molar-refractivity contribution >= 4 is 0 Å². The van der Waals surface area contributed by atoms with Crippen LogP contribution in [0.4, 0.5) is 0 Å². The first kappa shape index (κ1) is 11.4. The maximum Gasteiger partial charge on any atom is 0.120 e. The van der Waals surface area contributed by atoms with Gasteiger partial charge in [0.25, 0.3) is 0 Å². The number of hydrogen-bond donors (Lipinski definition) is 2. The molecular formula is C13H20N2O. The summed E-state index contributed by atoms with van der Waals surface area (Å²) in [5.41, 5.74) is 1.04. The van der Waals surface area contributed by atoms with Crippen LogP contribution >= 0.6 is 0 Å². The molecule has 1 aromatic carbocycles. The van der Waals surface area contributed by atoms with Crippen molar-refractivity contribution in [3.8, 4) is 5.75 Å². The van der Waals surface area contributed by atoms with Crippen molar-refractivity contribution < 1.29 is 5.11 Å². The minimum absolute atomic E-state index is 0.300. The molecule has 1 unspecified atom stereocenters. The van der Waals surface area contributed by atoms with Crippen LogP contribution in [0.3, 0.4) is 0 Å². The monoisotopic (exact) mass is 220 g/mol. The Kier molecular flexibility index (Phi) is 3.80. The number of benzene rings is 1. The molecular weight excluding hydrogens is 200 g/mol. The molecule has 16 heavy (non-hydrogen) atoms. The highest BCUT2D eigenvalue weighted by atomic mass is 16.3. The SMILES string of the molecule is CNCC(c1ccccc1O)N1CCCC1. The van der Waals surface area contributed by atoms with Crippen LogP contribution in [-0.4, -0.2) is 36.7 Å². The van der Waals surface area contributed by atoms with Crippen molar-refractivity contribution in [2.45, 2.75) is 18.9 Å². The second-order valence-electron chi connectivity index (χ2n) is 4.38. The average Bonchev–Trinajstić information content (AvgIpc) is 2.80. The van der Waals surface area contributed by atoms with Crippen LogP contribution in [0.2, 0.25) is 0 Å². The molecule has 88 valence electrons. The lowest BCUT2D eigenvalue weighted by atomic mass is 10.0. The van der Waals surface area contributed by atoms with Gasteiger partial charge in [0, 0.05) is 12.1 Å². The lowest BCUT2D eigenvalue weighted by molar-refractivity contribution is 0.237. The first-order chi connectivity index (χ1) is 7.83. The van der Waals surface area contributed by atoms with Gasteiger partial charge >= 0.3 is 0 Å². The van der Waals surface area contributed by atoms with E-state index in [0.717, 1.165) is 25.2 Å². The topological polar surface area (TPSA) is 35.5 Å². The summed E-state index contributed by atoms with van der Waals surface area (Å²) in [4.78, 5) is 2.45. The molecule has 0 spiro atoms. The van der Waals surface area contributed by atoms with E-state index in [1.54, 1.807) is 6.07 Å². The predicted molar refractivity (Wildman–Crippen MR) is 65.6 cm³/mol. The molecule has 1 aliphatic heterocycles. The lowest BCUT2D eigenvalue weighted by Crippen LogP contribution is -2.32. The standard InChI is InChI=1S/C13H20N2O/c1-14-10-12(15-8-4-5-9-15)11-6-2-3-7-13(11)16/h2-3,6-7,12,14,16H,4-5,8-10H2,1H3. The van der Waals surface area contributed by atoms with Gasteiger partial charge in [0.05, 0.1) is 6.04 Å². The predicted octanol–water partition coefficient (Wildman–Crippen LogP) is 1.75. The van der Waals surface area contributed by atoms with E-state index in [0.29, 0.717) is 11.8 Å². The van der Waals surface area contributed by atoms with Gasteiger partial charge in [-0.15, -0.1) is 0 Å². The molecule has 2 rings (SSSR count). The van der Waals surface area contributed by atoms with E-state index in [1.807, 2.05) is 25.2 Å². The van der Waals surface area contributed by atoms with Gasteiger partial charge in [-0.05, 0) is 39.0 Å². The highest BCUT2D eigenvalue weighted by molar-refractivity contribution is 5.35. The summed E-state index contributed by atoms with van der Waals surface area (Å²) in [6.07, 6.45) is 2.54. The van der Waals surface area contributed by atoms with Crippen molar-refractivity contribution in [2.24, 2.45) is 0 Å². The number of likely N-dealkylation sites (N-methyl/N-ethyl adjacent to an activating group) is 1. The smallest absolute Gasteiger partial charge is 0.120 e. The van der Waals surface area contributed by atoms with Gasteiger partial charge in [-0.25, -0.2) is 0 Å². The number of nitrogens with zero attached hydrogens (tertiary/aromatic N) is 1. The normalized spacial score (nSPS) is 18.8. The molecule has 0 aromatic heterocycles. The van der Waals surface area contributed by atoms with Crippen molar-refractivity contribution in [1.82, 2.24) is 10.2 Å². The zero-order chi connectivity index (χ0) is 11.4. The zero-order valence-electron chi connectivity index (χ0n) is 9.82. The molecule has 1 atom stereocenters. The third-order valence-corrected chi connectivity index (χ3v) is 3.27. The number of phenolic OH excluding ortho intramolecular Hbond substituents is 1. The molecule has 1 aromatic rings. The summed E-state index contributed by atoms with van der Waals surface area (Å²) in [6, 6.07) is 7.96. The van der Waals surface area contributed by atoms with Crippen LogP contribution in [-0.2, 0) is 0 Å². The van der Waals surface area contributed by atoms with Crippen molar-refractivity contribution in [1.29, 1.82) is 0 Å². The van der Waals surface area contributed by atoms with Gasteiger partial charge in [-0.1, -0.05) is 18.2 Å². The molecule has 2 N–H and O–H groups in total. The fourth-order valence-corrected chi connectivity index (χ4v) is 2.45. The molecule has 3 heteroatoms. The van der Waals surface area contributed by atoms with E-state index >= 15 is 0 Å². The van der Waals surface area contributed by atoms with Crippen molar-refractivity contribution in [2.75, 3.05) is 26.7 Å². The Labute approximate surface area is 97.1 Å². The molecule has 0 saturated carbocycles. The third kappa shape index (κ3) is 2.36. The van der Waals surface area contributed by atoms with Crippen LogP contribution in [0.15, 0.2) is 24.3 Å². The fourth-order valence-electron chi connectivity index (χ4n) is 2.45. The number of phenols is 1. The minimum Gasteiger partial charge on any atom is -0.508 e. The van der Waals surface area contributed by atoms with Gasteiger partial charge in [0.15, 0.2) is 0 Å². The van der Waals surface area contributed by atoms with E-state index in [1.165, 1.54) is 12.8 Å². The number of para-hydroxylation sites is 1. The molecule has 1 fully saturated rings. The van der Waals surface area contributed by atoms with Crippen molar-refractivity contribution in [3.05, 3.63) is 29.8 Å². The molecule has 1 aliphatic rings. The van der Waals surface area contributed by atoms with Crippen LogP contribution in [0.1, 0.15) is 24.4 Å². The van der Waals surface area contributed by atoms with Crippen LogP contribution in [0, 0.1) is 0 Å². The highest BCUT2D eigenvalue weighted by Crippen LogP contribution is 2.30. The summed E-state index contributed by atoms with van der Waals surface area (Å²) in [6.45, 7) is 3.17. The number of aromatic hydroxyl groups is 1. The van der Waals surface area contributed by atoms with Crippen LogP contribution < -0.4 is 5.32 Å². The molecule has 1 saturated heterocycles. The zero-order valence-corrected chi connectivity index (χ0v) is 9.82. The number of nitrogens with one attached hydrogen (secondary N) is 1. The maximum atomic E-state index is 9.91. The van der Waals surface area contributed by atoms with E-state index in [9.17, 15) is 5.11 Å². The Bertz CT molecular complexity index is 334. The summed E-state index contributed by atoms with van der Waals surface area (Å²) >= 11 is 0. The number of hydrogen-bond acceptors (Lipinski definition) is 3. The third-order valence-electron chi connectivity index (χ3n) is 3.27. The van der Waals surface area contributed by atoms with Gasteiger partial charge < -0.3 is 10.4 Å². The maximum absolute atomic E-state index is 9.91. The number of rotatable bonds is 4. The molecule has 0 radical (unpaired) electrons. The van der Waals surface area contributed by atoms with Gasteiger partial charge in [0.2, 0.25) is 0 Å². The second-order valence-corrected chi connectivity index (χ2v) is 4.38. The van der Waals surface area contributed by atoms with E-state index < -0.39 is 0 Å². The Morgan fingerprint density at radius 2 is 2.00 bits per heavy atom. The lowest BCUT2D eigenvalue weighted by Gasteiger charge is -2.28. The largest absolute Gasteiger partial charge is 0.508 e. The minimum atomic E-state index is 0.300. The molecule has 1 heterocycles. The molecule has 0 aliphatic carbocycles. The Hall–Kier alpha value is -1.06. The van der Waals surface area contributed by atoms with Crippen LogP contribution in [0.25, 0.3) is 0 Å². The highest BCUT2D eigenvalue weighted by Gasteiger charge is 2.24. The van der Waals surface area contributed by atoms with Crippen molar-refractivity contribution in [3.63, 3.8) is 0 Å². The molecule has 3 nitrogen and oxygen atoms in total. The van der Waals surface area contributed by atoms with E-state index in [2.05, 4.69) is 10.2 Å². The van der Waals surface area contributed by atoms with E-state index in [4.69, 9.17) is 0 Å². The van der Waals surface area contributed by atoms with Gasteiger partial charge in [-0.3, -0.25) is 4.90 Å². The molecule has 0 amide bonds. The van der Waals surface area contributed by atoms with E-state index in [-0.39, 0.29) is 0 Å². The summed E-state index contributed by atoms with van der Waals surface area (Å²) in [5, 5.41) is 13.1. The second kappa shape index (κ2) is 5.32. The summed E-state index contributed by atoms with van der Waals surface area (Å²) < 4.78 is 0.